The number of nitrogens with zero attached hydrogens (tertiary/aromatic N) is 3. The molecule has 0 spiro atoms. The van der Waals surface area contributed by atoms with Gasteiger partial charge in [-0.1, -0.05) is 22.0 Å². The van der Waals surface area contributed by atoms with Crippen LogP contribution in [0.5, 0.6) is 0 Å². The molecule has 0 N–H and O–H groups in total. The van der Waals surface area contributed by atoms with Crippen molar-refractivity contribution in [2.24, 2.45) is 4.99 Å². The molecule has 0 bridgehead atoms. The lowest BCUT2D eigenvalue weighted by molar-refractivity contribution is 1.07. The number of hydrogen-bond acceptors (Lipinski definition) is 2. The molecule has 0 amide bonds. The number of benzene rings is 2. The first-order valence-corrected chi connectivity index (χ1v) is 8.17. The molecule has 0 saturated carbocycles. The molecule has 2 aromatic carbocycles. The van der Waals surface area contributed by atoms with Gasteiger partial charge in [-0.2, -0.15) is 0 Å². The molecule has 0 saturated heterocycles. The van der Waals surface area contributed by atoms with Gasteiger partial charge in [0.2, 0.25) is 0 Å². The fourth-order valence-electron chi connectivity index (χ4n) is 2.34. The SMILES string of the molecule is CN(C)c1ccc(N=Cc2cccn2-c2cccc(Br)c2)cc1. The van der Waals surface area contributed by atoms with Crippen molar-refractivity contribution in [3.63, 3.8) is 0 Å². The summed E-state index contributed by atoms with van der Waals surface area (Å²) >= 11 is 3.52. The Labute approximate surface area is 145 Å². The highest BCUT2D eigenvalue weighted by molar-refractivity contribution is 9.10. The molecular formula is C19H18BrN3. The van der Waals surface area contributed by atoms with Gasteiger partial charge in [-0.25, -0.2) is 0 Å². The summed E-state index contributed by atoms with van der Waals surface area (Å²) in [6.07, 6.45) is 3.93. The van der Waals surface area contributed by atoms with Gasteiger partial charge in [0.05, 0.1) is 17.6 Å². The molecule has 0 unspecified atom stereocenters. The third kappa shape index (κ3) is 3.71. The molecule has 0 radical (unpaired) electrons. The average molecular weight is 368 g/mol. The second kappa shape index (κ2) is 6.84. The number of rotatable bonds is 4. The van der Waals surface area contributed by atoms with E-state index < -0.39 is 0 Å². The Kier molecular flexibility index (Phi) is 4.63. The van der Waals surface area contributed by atoms with Crippen LogP contribution in [0.2, 0.25) is 0 Å². The predicted molar refractivity (Wildman–Crippen MR) is 101 cm³/mol. The number of aromatic nitrogens is 1. The smallest absolute Gasteiger partial charge is 0.0639 e. The third-order valence-electron chi connectivity index (χ3n) is 3.58. The summed E-state index contributed by atoms with van der Waals surface area (Å²) in [6.45, 7) is 0. The summed E-state index contributed by atoms with van der Waals surface area (Å²) in [6, 6.07) is 20.5. The van der Waals surface area contributed by atoms with Crippen LogP contribution < -0.4 is 4.90 Å². The monoisotopic (exact) mass is 367 g/mol. The summed E-state index contributed by atoms with van der Waals surface area (Å²) in [5, 5.41) is 0. The van der Waals surface area contributed by atoms with E-state index in [1.807, 2.05) is 56.8 Å². The van der Waals surface area contributed by atoms with Gasteiger partial charge in [0, 0.05) is 36.1 Å². The van der Waals surface area contributed by atoms with Crippen molar-refractivity contribution < 1.29 is 0 Å². The molecule has 0 aliphatic carbocycles. The fourth-order valence-corrected chi connectivity index (χ4v) is 2.73. The van der Waals surface area contributed by atoms with Crippen LogP contribution in [0.15, 0.2) is 76.3 Å². The minimum atomic E-state index is 0.942. The summed E-state index contributed by atoms with van der Waals surface area (Å²) in [4.78, 5) is 6.66. The molecule has 0 fully saturated rings. The standard InChI is InChI=1S/C19H18BrN3/c1-22(2)17-10-8-16(9-11-17)21-14-19-7-4-12-23(19)18-6-3-5-15(20)13-18/h3-14H,1-2H3. The quantitative estimate of drug-likeness (QED) is 0.590. The lowest BCUT2D eigenvalue weighted by Gasteiger charge is -2.11. The summed E-state index contributed by atoms with van der Waals surface area (Å²) in [5.41, 5.74) is 4.26. The van der Waals surface area contributed by atoms with Gasteiger partial charge in [0.1, 0.15) is 0 Å². The van der Waals surface area contributed by atoms with Crippen molar-refractivity contribution in [1.29, 1.82) is 0 Å². The van der Waals surface area contributed by atoms with Crippen LogP contribution in [0.3, 0.4) is 0 Å². The molecule has 1 aromatic heterocycles. The molecule has 0 atom stereocenters. The Morgan fingerprint density at radius 3 is 2.48 bits per heavy atom. The van der Waals surface area contributed by atoms with Crippen molar-refractivity contribution in [2.75, 3.05) is 19.0 Å². The van der Waals surface area contributed by atoms with Crippen LogP contribution in [0, 0.1) is 0 Å². The Bertz CT molecular complexity index is 817. The Hall–Kier alpha value is -2.33. The van der Waals surface area contributed by atoms with Crippen LogP contribution in [0.1, 0.15) is 5.69 Å². The van der Waals surface area contributed by atoms with Crippen LogP contribution in [-0.2, 0) is 0 Å². The van der Waals surface area contributed by atoms with Gasteiger partial charge in [0.25, 0.3) is 0 Å². The molecule has 3 nitrogen and oxygen atoms in total. The average Bonchev–Trinajstić information content (AvgIpc) is 3.02. The van der Waals surface area contributed by atoms with Crippen molar-refractivity contribution in [3.05, 3.63) is 77.0 Å². The van der Waals surface area contributed by atoms with Gasteiger partial charge in [-0.15, -0.1) is 0 Å². The first kappa shape index (κ1) is 15.6. The molecule has 3 rings (SSSR count). The summed E-state index contributed by atoms with van der Waals surface area (Å²) < 4.78 is 3.17. The minimum Gasteiger partial charge on any atom is -0.378 e. The van der Waals surface area contributed by atoms with E-state index in [2.05, 4.69) is 60.7 Å². The fraction of sp³-hybridized carbons (Fsp3) is 0.105. The molecule has 4 heteroatoms. The van der Waals surface area contributed by atoms with E-state index in [0.717, 1.165) is 21.5 Å². The van der Waals surface area contributed by atoms with Crippen LogP contribution in [0.4, 0.5) is 11.4 Å². The van der Waals surface area contributed by atoms with Crippen molar-refractivity contribution >= 4 is 33.5 Å². The minimum absolute atomic E-state index is 0.942. The number of aliphatic imine (C=N–C) groups is 1. The predicted octanol–water partition coefficient (Wildman–Crippen LogP) is 5.06. The highest BCUT2D eigenvalue weighted by atomic mass is 79.9. The maximum absolute atomic E-state index is 4.58. The third-order valence-corrected chi connectivity index (χ3v) is 4.07. The van der Waals surface area contributed by atoms with Gasteiger partial charge < -0.3 is 9.47 Å². The van der Waals surface area contributed by atoms with Gasteiger partial charge >= 0.3 is 0 Å². The maximum atomic E-state index is 4.58. The highest BCUT2D eigenvalue weighted by Gasteiger charge is 2.02. The van der Waals surface area contributed by atoms with E-state index in [4.69, 9.17) is 0 Å². The van der Waals surface area contributed by atoms with Gasteiger partial charge in [0.15, 0.2) is 0 Å². The molecule has 3 aromatic rings. The Morgan fingerprint density at radius 1 is 1.00 bits per heavy atom. The lowest BCUT2D eigenvalue weighted by Crippen LogP contribution is -2.07. The maximum Gasteiger partial charge on any atom is 0.0639 e. The lowest BCUT2D eigenvalue weighted by atomic mass is 10.2. The van der Waals surface area contributed by atoms with E-state index in [9.17, 15) is 0 Å². The Balaban J connectivity index is 1.85. The van der Waals surface area contributed by atoms with Crippen molar-refractivity contribution in [1.82, 2.24) is 4.57 Å². The van der Waals surface area contributed by atoms with E-state index >= 15 is 0 Å². The molecule has 23 heavy (non-hydrogen) atoms. The molecule has 0 aliphatic heterocycles. The zero-order valence-corrected chi connectivity index (χ0v) is 14.7. The van der Waals surface area contributed by atoms with Gasteiger partial charge in [-0.05, 0) is 54.6 Å². The van der Waals surface area contributed by atoms with Crippen molar-refractivity contribution in [3.8, 4) is 5.69 Å². The second-order valence-corrected chi connectivity index (χ2v) is 6.37. The van der Waals surface area contributed by atoms with Crippen LogP contribution in [0.25, 0.3) is 5.69 Å². The van der Waals surface area contributed by atoms with Crippen LogP contribution >= 0.6 is 15.9 Å². The first-order valence-electron chi connectivity index (χ1n) is 7.38. The van der Waals surface area contributed by atoms with E-state index in [1.165, 1.54) is 5.69 Å². The van der Waals surface area contributed by atoms with E-state index in [0.29, 0.717) is 0 Å². The molecule has 116 valence electrons. The second-order valence-electron chi connectivity index (χ2n) is 5.45. The number of hydrogen-bond donors (Lipinski definition) is 0. The Morgan fingerprint density at radius 2 is 1.78 bits per heavy atom. The topological polar surface area (TPSA) is 20.5 Å². The number of halogens is 1. The van der Waals surface area contributed by atoms with E-state index in [-0.39, 0.29) is 0 Å². The molecular weight excluding hydrogens is 350 g/mol. The molecule has 1 heterocycles. The zero-order valence-electron chi connectivity index (χ0n) is 13.1. The summed E-state index contributed by atoms with van der Waals surface area (Å²) in [7, 11) is 4.06. The van der Waals surface area contributed by atoms with Crippen LogP contribution in [-0.4, -0.2) is 24.9 Å². The van der Waals surface area contributed by atoms with Gasteiger partial charge in [-0.3, -0.25) is 4.99 Å². The normalized spacial score (nSPS) is 11.1. The highest BCUT2D eigenvalue weighted by Crippen LogP contribution is 2.20. The zero-order chi connectivity index (χ0) is 16.2. The first-order chi connectivity index (χ1) is 11.1. The largest absolute Gasteiger partial charge is 0.378 e. The number of anilines is 1. The van der Waals surface area contributed by atoms with Crippen molar-refractivity contribution in [2.45, 2.75) is 0 Å². The molecule has 0 aliphatic rings. The van der Waals surface area contributed by atoms with E-state index in [1.54, 1.807) is 0 Å². The summed E-state index contributed by atoms with van der Waals surface area (Å²) in [5.74, 6) is 0.